The summed E-state index contributed by atoms with van der Waals surface area (Å²) in [7, 11) is -2.40. The molecular weight excluding hydrogens is 436 g/mol. The van der Waals surface area contributed by atoms with Crippen molar-refractivity contribution in [3.63, 3.8) is 0 Å². The number of carbonyl (C=O) groups excluding carboxylic acids is 1. The number of para-hydroxylation sites is 1. The lowest BCUT2D eigenvalue weighted by molar-refractivity contribution is 0.102. The molecule has 0 spiro atoms. The van der Waals surface area contributed by atoms with Crippen molar-refractivity contribution in [2.24, 2.45) is 0 Å². The van der Waals surface area contributed by atoms with Crippen molar-refractivity contribution >= 4 is 38.9 Å². The molecule has 0 saturated carbocycles. The van der Waals surface area contributed by atoms with Gasteiger partial charge in [0.15, 0.2) is 0 Å². The minimum absolute atomic E-state index is 0.0305. The van der Waals surface area contributed by atoms with Gasteiger partial charge in [-0.1, -0.05) is 29.8 Å². The number of carbonyl (C=O) groups is 1. The van der Waals surface area contributed by atoms with Crippen LogP contribution in [0.25, 0.3) is 0 Å². The number of methoxy groups -OCH3 is 1. The minimum Gasteiger partial charge on any atom is -0.496 e. The van der Waals surface area contributed by atoms with Crippen LogP contribution in [-0.2, 0) is 16.4 Å². The molecule has 1 heterocycles. The third kappa shape index (κ3) is 3.98. The maximum Gasteiger partial charge on any atom is 0.264 e. The number of hydrogen-bond acceptors (Lipinski definition) is 4. The van der Waals surface area contributed by atoms with Gasteiger partial charge in [0.05, 0.1) is 23.3 Å². The topological polar surface area (TPSA) is 75.7 Å². The van der Waals surface area contributed by atoms with Crippen molar-refractivity contribution in [1.82, 2.24) is 0 Å². The molecule has 160 valence electrons. The van der Waals surface area contributed by atoms with Crippen molar-refractivity contribution in [1.29, 1.82) is 0 Å². The van der Waals surface area contributed by atoms with Gasteiger partial charge < -0.3 is 10.1 Å². The molecule has 4 rings (SSSR count). The number of ether oxygens (including phenoxy) is 1. The van der Waals surface area contributed by atoms with Gasteiger partial charge in [-0.25, -0.2) is 8.42 Å². The lowest BCUT2D eigenvalue weighted by atomic mass is 10.1. The van der Waals surface area contributed by atoms with Gasteiger partial charge in [-0.3, -0.25) is 9.10 Å². The number of sulfonamides is 1. The van der Waals surface area contributed by atoms with Gasteiger partial charge >= 0.3 is 0 Å². The molecule has 0 aliphatic carbocycles. The Morgan fingerprint density at radius 2 is 1.87 bits per heavy atom. The Bertz CT molecular complexity index is 1270. The second-order valence-corrected chi connectivity index (χ2v) is 9.53. The standard InChI is InChI=1S/C23H21ClN2O4S/c1-15-13-17(24)7-9-20(15)25-23(27)19-14-18(8-10-22(19)30-2)31(28,29)26-12-11-16-5-3-4-6-21(16)26/h3-10,13-14H,11-12H2,1-2H3,(H,25,27). The Labute approximate surface area is 186 Å². The number of nitrogens with one attached hydrogen (secondary N) is 1. The maximum atomic E-state index is 13.4. The number of anilines is 2. The Kier molecular flexibility index (Phi) is 5.64. The van der Waals surface area contributed by atoms with Crippen molar-refractivity contribution in [3.05, 3.63) is 82.4 Å². The summed E-state index contributed by atoms with van der Waals surface area (Å²) in [6.45, 7) is 2.18. The highest BCUT2D eigenvalue weighted by Crippen LogP contribution is 2.34. The summed E-state index contributed by atoms with van der Waals surface area (Å²) in [6.07, 6.45) is 0.648. The van der Waals surface area contributed by atoms with E-state index in [4.69, 9.17) is 16.3 Å². The fourth-order valence-corrected chi connectivity index (χ4v) is 5.42. The highest BCUT2D eigenvalue weighted by molar-refractivity contribution is 7.92. The second-order valence-electron chi connectivity index (χ2n) is 7.23. The molecule has 1 amide bonds. The van der Waals surface area contributed by atoms with E-state index in [9.17, 15) is 13.2 Å². The van der Waals surface area contributed by atoms with Crippen molar-refractivity contribution in [2.75, 3.05) is 23.3 Å². The zero-order valence-electron chi connectivity index (χ0n) is 17.1. The second kappa shape index (κ2) is 8.24. The van der Waals surface area contributed by atoms with Gasteiger partial charge in [0, 0.05) is 17.3 Å². The quantitative estimate of drug-likeness (QED) is 0.605. The average Bonchev–Trinajstić information content (AvgIpc) is 3.20. The molecule has 0 atom stereocenters. The van der Waals surface area contributed by atoms with Gasteiger partial charge in [0.25, 0.3) is 15.9 Å². The van der Waals surface area contributed by atoms with E-state index in [2.05, 4.69) is 5.32 Å². The Morgan fingerprint density at radius 1 is 1.10 bits per heavy atom. The third-order valence-corrected chi connectivity index (χ3v) is 7.33. The van der Waals surface area contributed by atoms with Crippen molar-refractivity contribution < 1.29 is 17.9 Å². The zero-order valence-corrected chi connectivity index (χ0v) is 18.6. The van der Waals surface area contributed by atoms with Crippen LogP contribution in [0.3, 0.4) is 0 Å². The molecule has 0 fully saturated rings. The summed E-state index contributed by atoms with van der Waals surface area (Å²) in [6, 6.07) is 16.8. The molecule has 3 aromatic carbocycles. The van der Waals surface area contributed by atoms with Crippen LogP contribution in [-0.4, -0.2) is 28.0 Å². The van der Waals surface area contributed by atoms with E-state index in [0.717, 1.165) is 11.1 Å². The maximum absolute atomic E-state index is 13.4. The van der Waals surface area contributed by atoms with E-state index < -0.39 is 15.9 Å². The summed E-state index contributed by atoms with van der Waals surface area (Å²) in [5.41, 5.74) is 3.15. The third-order valence-electron chi connectivity index (χ3n) is 5.28. The highest BCUT2D eigenvalue weighted by Gasteiger charge is 2.31. The Hall–Kier alpha value is -3.03. The lowest BCUT2D eigenvalue weighted by Crippen LogP contribution is -2.29. The number of amides is 1. The Balaban J connectivity index is 1.70. The average molecular weight is 457 g/mol. The number of halogens is 1. The van der Waals surface area contributed by atoms with Gasteiger partial charge in [-0.2, -0.15) is 0 Å². The number of nitrogens with zero attached hydrogens (tertiary/aromatic N) is 1. The molecule has 0 bridgehead atoms. The predicted octanol–water partition coefficient (Wildman–Crippen LogP) is 4.66. The van der Waals surface area contributed by atoms with E-state index in [1.807, 2.05) is 25.1 Å². The first-order valence-corrected chi connectivity index (χ1v) is 11.5. The first-order valence-electron chi connectivity index (χ1n) is 9.67. The van der Waals surface area contributed by atoms with Crippen molar-refractivity contribution in [2.45, 2.75) is 18.2 Å². The van der Waals surface area contributed by atoms with Gasteiger partial charge in [-0.05, 0) is 66.9 Å². The largest absolute Gasteiger partial charge is 0.496 e. The summed E-state index contributed by atoms with van der Waals surface area (Å²) in [5.74, 6) is -0.189. The summed E-state index contributed by atoms with van der Waals surface area (Å²) in [5, 5.41) is 3.37. The number of aryl methyl sites for hydroxylation is 1. The van der Waals surface area contributed by atoms with E-state index in [1.54, 1.807) is 24.3 Å². The van der Waals surface area contributed by atoms with Gasteiger partial charge in [0.2, 0.25) is 0 Å². The summed E-state index contributed by atoms with van der Waals surface area (Å²) >= 11 is 5.98. The lowest BCUT2D eigenvalue weighted by Gasteiger charge is -2.20. The van der Waals surface area contributed by atoms with E-state index in [1.165, 1.54) is 29.6 Å². The van der Waals surface area contributed by atoms with Gasteiger partial charge in [-0.15, -0.1) is 0 Å². The molecule has 0 radical (unpaired) electrons. The molecule has 0 unspecified atom stereocenters. The zero-order chi connectivity index (χ0) is 22.2. The van der Waals surface area contributed by atoms with Crippen LogP contribution in [0.4, 0.5) is 11.4 Å². The number of fused-ring (bicyclic) bond motifs is 1. The molecule has 0 aromatic heterocycles. The molecule has 1 N–H and O–H groups in total. The van der Waals surface area contributed by atoms with E-state index >= 15 is 0 Å². The first-order chi connectivity index (χ1) is 14.8. The highest BCUT2D eigenvalue weighted by atomic mass is 35.5. The summed E-state index contributed by atoms with van der Waals surface area (Å²) < 4.78 is 33.4. The van der Waals surface area contributed by atoms with Crippen LogP contribution in [0, 0.1) is 6.92 Å². The normalized spacial score (nSPS) is 13.1. The fraction of sp³-hybridized carbons (Fsp3) is 0.174. The van der Waals surface area contributed by atoms with Crippen LogP contribution >= 0.6 is 11.6 Å². The number of rotatable bonds is 5. The van der Waals surface area contributed by atoms with E-state index in [0.29, 0.717) is 29.4 Å². The SMILES string of the molecule is COc1ccc(S(=O)(=O)N2CCc3ccccc32)cc1C(=O)Nc1ccc(Cl)cc1C. The van der Waals surface area contributed by atoms with Crippen molar-refractivity contribution in [3.8, 4) is 5.75 Å². The molecular formula is C23H21ClN2O4S. The van der Waals surface area contributed by atoms with Crippen LogP contribution in [0.1, 0.15) is 21.5 Å². The monoisotopic (exact) mass is 456 g/mol. The first kappa shape index (κ1) is 21.2. The molecule has 1 aliphatic rings. The smallest absolute Gasteiger partial charge is 0.264 e. The van der Waals surface area contributed by atoms with Crippen LogP contribution < -0.4 is 14.4 Å². The minimum atomic E-state index is -3.84. The number of hydrogen-bond donors (Lipinski definition) is 1. The van der Waals surface area contributed by atoms with Crippen LogP contribution in [0.2, 0.25) is 5.02 Å². The number of benzene rings is 3. The summed E-state index contributed by atoms with van der Waals surface area (Å²) in [4.78, 5) is 13.0. The fourth-order valence-electron chi connectivity index (χ4n) is 3.67. The van der Waals surface area contributed by atoms with E-state index in [-0.39, 0.29) is 16.2 Å². The Morgan fingerprint density at radius 3 is 2.61 bits per heavy atom. The van der Waals surface area contributed by atoms with Gasteiger partial charge in [0.1, 0.15) is 5.75 Å². The molecule has 6 nitrogen and oxygen atoms in total. The molecule has 0 saturated heterocycles. The molecule has 31 heavy (non-hydrogen) atoms. The van der Waals surface area contributed by atoms with Crippen LogP contribution in [0.15, 0.2) is 65.6 Å². The van der Waals surface area contributed by atoms with Crippen LogP contribution in [0.5, 0.6) is 5.75 Å². The molecule has 1 aliphatic heterocycles. The molecule has 3 aromatic rings. The molecule has 8 heteroatoms. The predicted molar refractivity (Wildman–Crippen MR) is 122 cm³/mol.